The lowest BCUT2D eigenvalue weighted by atomic mass is 10.1. The average molecular weight is 498 g/mol. The molecule has 1 amide bonds. The Bertz CT molecular complexity index is 1450. The van der Waals surface area contributed by atoms with Gasteiger partial charge in [0.15, 0.2) is 0 Å². The molecule has 8 nitrogen and oxygen atoms in total. The van der Waals surface area contributed by atoms with E-state index in [1.54, 1.807) is 16.8 Å². The molecular weight excluding hydrogens is 466 g/mol. The van der Waals surface area contributed by atoms with E-state index >= 15 is 0 Å². The van der Waals surface area contributed by atoms with Crippen molar-refractivity contribution in [2.24, 2.45) is 0 Å². The van der Waals surface area contributed by atoms with Crippen LogP contribution < -0.4 is 21.9 Å². The van der Waals surface area contributed by atoms with E-state index in [9.17, 15) is 14.4 Å². The zero-order valence-corrected chi connectivity index (χ0v) is 21.0. The minimum atomic E-state index is -0.630. The van der Waals surface area contributed by atoms with Crippen molar-refractivity contribution in [2.45, 2.75) is 26.1 Å². The molecule has 190 valence electrons. The summed E-state index contributed by atoms with van der Waals surface area (Å²) in [5, 5.41) is 0. The molecule has 0 spiro atoms. The normalized spacial score (nSPS) is 11.6. The highest BCUT2D eigenvalue weighted by molar-refractivity contribution is 5.83. The number of rotatable bonds is 9. The molecule has 4 aromatic rings. The highest BCUT2D eigenvalue weighted by atomic mass is 16.2. The lowest BCUT2D eigenvalue weighted by molar-refractivity contribution is -0.130. The maximum absolute atomic E-state index is 13.5. The average Bonchev–Trinajstić information content (AvgIpc) is 2.91. The fourth-order valence-corrected chi connectivity index (χ4v) is 4.27. The largest absolute Gasteiger partial charge is 0.383 e. The van der Waals surface area contributed by atoms with Gasteiger partial charge in [0.2, 0.25) is 5.91 Å². The van der Waals surface area contributed by atoms with Crippen LogP contribution in [-0.2, 0) is 17.9 Å². The van der Waals surface area contributed by atoms with Crippen LogP contribution >= 0.6 is 0 Å². The summed E-state index contributed by atoms with van der Waals surface area (Å²) < 4.78 is 1.32. The SMILES string of the molecule is CC(c1ccccc1)N(C)C(=O)CN(Cc1ccccc1)c1c(N)n(Cc2ccccc2)c(=O)[nH]c1=O. The molecule has 1 heterocycles. The molecule has 0 saturated carbocycles. The van der Waals surface area contributed by atoms with Crippen LogP contribution in [0.15, 0.2) is 101 Å². The molecular formula is C29H31N5O3. The molecule has 1 aromatic heterocycles. The second kappa shape index (κ2) is 11.4. The first-order valence-electron chi connectivity index (χ1n) is 12.1. The van der Waals surface area contributed by atoms with Crippen LogP contribution in [0.5, 0.6) is 0 Å². The number of benzene rings is 3. The Balaban J connectivity index is 1.70. The minimum Gasteiger partial charge on any atom is -0.383 e. The highest BCUT2D eigenvalue weighted by Gasteiger charge is 2.25. The van der Waals surface area contributed by atoms with Crippen LogP contribution in [0.2, 0.25) is 0 Å². The smallest absolute Gasteiger partial charge is 0.330 e. The molecule has 0 aliphatic carbocycles. The van der Waals surface area contributed by atoms with Crippen LogP contribution in [0, 0.1) is 0 Å². The summed E-state index contributed by atoms with van der Waals surface area (Å²) in [4.78, 5) is 44.9. The third-order valence-corrected chi connectivity index (χ3v) is 6.51. The Morgan fingerprint density at radius 1 is 0.892 bits per heavy atom. The Morgan fingerprint density at radius 2 is 1.43 bits per heavy atom. The zero-order valence-electron chi connectivity index (χ0n) is 21.0. The molecule has 1 unspecified atom stereocenters. The van der Waals surface area contributed by atoms with Crippen molar-refractivity contribution in [1.82, 2.24) is 14.5 Å². The van der Waals surface area contributed by atoms with Gasteiger partial charge in [-0.3, -0.25) is 19.1 Å². The fourth-order valence-electron chi connectivity index (χ4n) is 4.27. The molecule has 3 N–H and O–H groups in total. The van der Waals surface area contributed by atoms with Crippen LogP contribution in [0.4, 0.5) is 11.5 Å². The van der Waals surface area contributed by atoms with Crippen molar-refractivity contribution in [1.29, 1.82) is 0 Å². The summed E-state index contributed by atoms with van der Waals surface area (Å²) in [7, 11) is 1.74. The number of nitrogens with one attached hydrogen (secondary N) is 1. The number of anilines is 2. The van der Waals surface area contributed by atoms with Gasteiger partial charge in [-0.1, -0.05) is 91.0 Å². The van der Waals surface area contributed by atoms with E-state index in [0.717, 1.165) is 16.7 Å². The number of nitrogen functional groups attached to an aromatic ring is 1. The summed E-state index contributed by atoms with van der Waals surface area (Å²) in [6, 6.07) is 28.4. The fraction of sp³-hybridized carbons (Fsp3) is 0.207. The third-order valence-electron chi connectivity index (χ3n) is 6.51. The lowest BCUT2D eigenvalue weighted by Crippen LogP contribution is -2.43. The van der Waals surface area contributed by atoms with Gasteiger partial charge in [0, 0.05) is 13.6 Å². The van der Waals surface area contributed by atoms with Crippen molar-refractivity contribution in [3.05, 3.63) is 129 Å². The van der Waals surface area contributed by atoms with E-state index in [1.165, 1.54) is 4.57 Å². The second-order valence-electron chi connectivity index (χ2n) is 9.00. The molecule has 3 aromatic carbocycles. The number of nitrogens with zero attached hydrogens (tertiary/aromatic N) is 3. The standard InChI is InChI=1S/C29H31N5O3/c1-21(24-16-10-5-11-17-24)32(2)25(35)20-33(18-22-12-6-3-7-13-22)26-27(30)34(29(37)31-28(26)36)19-23-14-8-4-9-15-23/h3-17,21H,18-20,30H2,1-2H3,(H,31,36,37). The molecule has 0 aliphatic heterocycles. The summed E-state index contributed by atoms with van der Waals surface area (Å²) in [5.41, 5.74) is 8.08. The number of likely N-dealkylation sites (N-methyl/N-ethyl adjacent to an activating group) is 1. The Kier molecular flexibility index (Phi) is 7.88. The van der Waals surface area contributed by atoms with Gasteiger partial charge < -0.3 is 15.5 Å². The molecule has 1 atom stereocenters. The van der Waals surface area contributed by atoms with Gasteiger partial charge in [-0.15, -0.1) is 0 Å². The van der Waals surface area contributed by atoms with Gasteiger partial charge >= 0.3 is 5.69 Å². The molecule has 0 radical (unpaired) electrons. The quantitative estimate of drug-likeness (QED) is 0.369. The van der Waals surface area contributed by atoms with Crippen LogP contribution in [0.25, 0.3) is 0 Å². The van der Waals surface area contributed by atoms with E-state index in [-0.39, 0.29) is 43.1 Å². The number of carbonyl (C=O) groups is 1. The number of aromatic nitrogens is 2. The molecule has 0 saturated heterocycles. The number of nitrogens with two attached hydrogens (primary N) is 1. The minimum absolute atomic E-state index is 0.0140. The van der Waals surface area contributed by atoms with Gasteiger partial charge in [0.1, 0.15) is 11.5 Å². The molecule has 0 bridgehead atoms. The lowest BCUT2D eigenvalue weighted by Gasteiger charge is -2.30. The van der Waals surface area contributed by atoms with E-state index < -0.39 is 11.2 Å². The number of hydrogen-bond acceptors (Lipinski definition) is 5. The van der Waals surface area contributed by atoms with E-state index in [1.807, 2.05) is 97.9 Å². The summed E-state index contributed by atoms with van der Waals surface area (Å²) >= 11 is 0. The first kappa shape index (κ1) is 25.5. The van der Waals surface area contributed by atoms with Crippen molar-refractivity contribution >= 4 is 17.4 Å². The molecule has 8 heteroatoms. The Morgan fingerprint density at radius 3 is 2.03 bits per heavy atom. The third kappa shape index (κ3) is 5.98. The van der Waals surface area contributed by atoms with Crippen LogP contribution in [0.1, 0.15) is 29.7 Å². The monoisotopic (exact) mass is 497 g/mol. The van der Waals surface area contributed by atoms with Gasteiger partial charge in [-0.05, 0) is 23.6 Å². The summed E-state index contributed by atoms with van der Waals surface area (Å²) in [5.74, 6) is -0.174. The van der Waals surface area contributed by atoms with Crippen molar-refractivity contribution in [2.75, 3.05) is 24.2 Å². The number of aromatic amines is 1. The summed E-state index contributed by atoms with van der Waals surface area (Å²) in [6.07, 6.45) is 0. The van der Waals surface area contributed by atoms with E-state index in [4.69, 9.17) is 5.73 Å². The van der Waals surface area contributed by atoms with Gasteiger partial charge in [0.25, 0.3) is 5.56 Å². The number of hydrogen-bond donors (Lipinski definition) is 2. The molecule has 0 fully saturated rings. The number of carbonyl (C=O) groups excluding carboxylic acids is 1. The van der Waals surface area contributed by atoms with Crippen molar-refractivity contribution in [3.63, 3.8) is 0 Å². The van der Waals surface area contributed by atoms with Crippen LogP contribution in [0.3, 0.4) is 0 Å². The predicted octanol–water partition coefficient (Wildman–Crippen LogP) is 3.39. The number of amides is 1. The van der Waals surface area contributed by atoms with Gasteiger partial charge in [-0.25, -0.2) is 4.79 Å². The summed E-state index contributed by atoms with van der Waals surface area (Å²) in [6.45, 7) is 2.31. The molecule has 4 rings (SSSR count). The van der Waals surface area contributed by atoms with Crippen LogP contribution in [-0.4, -0.2) is 34.0 Å². The maximum Gasteiger partial charge on any atom is 0.330 e. The Labute approximate surface area is 215 Å². The topological polar surface area (TPSA) is 104 Å². The number of H-pyrrole nitrogens is 1. The van der Waals surface area contributed by atoms with Gasteiger partial charge in [0.05, 0.1) is 19.1 Å². The van der Waals surface area contributed by atoms with E-state index in [0.29, 0.717) is 0 Å². The first-order valence-corrected chi connectivity index (χ1v) is 12.1. The van der Waals surface area contributed by atoms with E-state index in [2.05, 4.69) is 4.98 Å². The zero-order chi connectivity index (χ0) is 26.4. The Hall–Kier alpha value is -4.59. The second-order valence-corrected chi connectivity index (χ2v) is 9.00. The first-order chi connectivity index (χ1) is 17.8. The van der Waals surface area contributed by atoms with Crippen molar-refractivity contribution in [3.8, 4) is 0 Å². The molecule has 37 heavy (non-hydrogen) atoms. The maximum atomic E-state index is 13.5. The van der Waals surface area contributed by atoms with Crippen molar-refractivity contribution < 1.29 is 4.79 Å². The van der Waals surface area contributed by atoms with Gasteiger partial charge in [-0.2, -0.15) is 0 Å². The highest BCUT2D eigenvalue weighted by Crippen LogP contribution is 2.23. The predicted molar refractivity (Wildman–Crippen MR) is 146 cm³/mol. The molecule has 0 aliphatic rings.